The fraction of sp³-hybridized carbons (Fsp3) is 0.917. The van der Waals surface area contributed by atoms with Gasteiger partial charge in [0, 0.05) is 25.6 Å². The molecule has 0 amide bonds. The molecule has 2 aliphatic rings. The lowest BCUT2D eigenvalue weighted by Gasteiger charge is -2.32. The summed E-state index contributed by atoms with van der Waals surface area (Å²) < 4.78 is 0. The molecule has 2 aliphatic heterocycles. The van der Waals surface area contributed by atoms with Gasteiger partial charge in [0.05, 0.1) is 5.84 Å². The Balaban J connectivity index is 1.68. The van der Waals surface area contributed by atoms with Crippen molar-refractivity contribution in [2.45, 2.75) is 45.1 Å². The maximum Gasteiger partial charge on any atom is 0.0964 e. The van der Waals surface area contributed by atoms with Crippen molar-refractivity contribution in [3.05, 3.63) is 0 Å². The monoisotopic (exact) mass is 209 g/mol. The van der Waals surface area contributed by atoms with E-state index in [0.717, 1.165) is 19.5 Å². The first kappa shape index (κ1) is 10.9. The molecule has 0 saturated carbocycles. The van der Waals surface area contributed by atoms with E-state index in [-0.39, 0.29) is 0 Å². The molecule has 1 fully saturated rings. The van der Waals surface area contributed by atoms with Crippen molar-refractivity contribution in [3.8, 4) is 0 Å². The summed E-state index contributed by atoms with van der Waals surface area (Å²) >= 11 is 0. The first-order valence-corrected chi connectivity index (χ1v) is 6.37. The van der Waals surface area contributed by atoms with Crippen LogP contribution in [0, 0.1) is 0 Å². The molecule has 1 saturated heterocycles. The van der Waals surface area contributed by atoms with Crippen LogP contribution in [-0.4, -0.2) is 43.0 Å². The van der Waals surface area contributed by atoms with Crippen molar-refractivity contribution < 1.29 is 0 Å². The van der Waals surface area contributed by atoms with Gasteiger partial charge in [0.15, 0.2) is 0 Å². The zero-order chi connectivity index (χ0) is 10.5. The second-order valence-corrected chi connectivity index (χ2v) is 4.76. The third-order valence-corrected chi connectivity index (χ3v) is 3.49. The normalized spacial score (nSPS) is 25.0. The highest BCUT2D eigenvalue weighted by molar-refractivity contribution is 5.83. The molecule has 0 aromatic heterocycles. The van der Waals surface area contributed by atoms with E-state index in [1.165, 1.54) is 44.6 Å². The van der Waals surface area contributed by atoms with Crippen LogP contribution in [0.15, 0.2) is 4.99 Å². The molecule has 15 heavy (non-hydrogen) atoms. The van der Waals surface area contributed by atoms with Gasteiger partial charge in [-0.25, -0.2) is 0 Å². The Kier molecular flexibility index (Phi) is 4.01. The Morgan fingerprint density at radius 1 is 1.27 bits per heavy atom. The first-order valence-electron chi connectivity index (χ1n) is 6.37. The topological polar surface area (TPSA) is 27.6 Å². The molecule has 0 bridgehead atoms. The molecule has 1 unspecified atom stereocenters. The summed E-state index contributed by atoms with van der Waals surface area (Å²) in [5, 5.41) is 3.49. The van der Waals surface area contributed by atoms with Gasteiger partial charge in [-0.2, -0.15) is 0 Å². The van der Waals surface area contributed by atoms with Crippen molar-refractivity contribution in [2.24, 2.45) is 4.99 Å². The number of hydrogen-bond acceptors (Lipinski definition) is 3. The third-order valence-electron chi connectivity index (χ3n) is 3.49. The molecule has 1 atom stereocenters. The molecule has 0 aliphatic carbocycles. The fourth-order valence-electron chi connectivity index (χ4n) is 2.44. The van der Waals surface area contributed by atoms with Crippen LogP contribution >= 0.6 is 0 Å². The number of hydrogen-bond donors (Lipinski definition) is 1. The third kappa shape index (κ3) is 3.20. The number of likely N-dealkylation sites (tertiary alicyclic amines) is 1. The van der Waals surface area contributed by atoms with Gasteiger partial charge in [-0.1, -0.05) is 6.42 Å². The molecule has 0 aromatic rings. The van der Waals surface area contributed by atoms with Gasteiger partial charge in [0.25, 0.3) is 0 Å². The summed E-state index contributed by atoms with van der Waals surface area (Å²) in [7, 11) is 0. The number of amidine groups is 1. The molecule has 0 radical (unpaired) electrons. The maximum absolute atomic E-state index is 4.44. The van der Waals surface area contributed by atoms with E-state index in [4.69, 9.17) is 0 Å². The molecule has 86 valence electrons. The summed E-state index contributed by atoms with van der Waals surface area (Å²) in [6, 6.07) is 0.661. The number of aliphatic imine (C=N–C) groups is 1. The predicted molar refractivity (Wildman–Crippen MR) is 64.4 cm³/mol. The van der Waals surface area contributed by atoms with Crippen molar-refractivity contribution in [1.82, 2.24) is 10.2 Å². The smallest absolute Gasteiger partial charge is 0.0964 e. The quantitative estimate of drug-likeness (QED) is 0.765. The highest BCUT2D eigenvalue weighted by Gasteiger charge is 2.17. The van der Waals surface area contributed by atoms with Gasteiger partial charge in [0.1, 0.15) is 0 Å². The molecule has 3 heteroatoms. The van der Waals surface area contributed by atoms with E-state index < -0.39 is 0 Å². The van der Waals surface area contributed by atoms with Crippen molar-refractivity contribution in [2.75, 3.05) is 26.2 Å². The van der Waals surface area contributed by atoms with Gasteiger partial charge < -0.3 is 5.32 Å². The van der Waals surface area contributed by atoms with E-state index in [1.807, 2.05) is 0 Å². The van der Waals surface area contributed by atoms with Crippen LogP contribution in [0.25, 0.3) is 0 Å². The largest absolute Gasteiger partial charge is 0.372 e. The predicted octanol–water partition coefficient (Wildman–Crippen LogP) is 1.64. The van der Waals surface area contributed by atoms with Crippen molar-refractivity contribution >= 4 is 5.84 Å². The average Bonchev–Trinajstić information content (AvgIpc) is 2.80. The number of nitrogens with zero attached hydrogens (tertiary/aromatic N) is 2. The van der Waals surface area contributed by atoms with Gasteiger partial charge >= 0.3 is 0 Å². The minimum absolute atomic E-state index is 0.661. The lowest BCUT2D eigenvalue weighted by atomic mass is 10.1. The fourth-order valence-corrected chi connectivity index (χ4v) is 2.44. The van der Waals surface area contributed by atoms with Crippen LogP contribution in [0.4, 0.5) is 0 Å². The van der Waals surface area contributed by atoms with Gasteiger partial charge in [-0.3, -0.25) is 9.89 Å². The zero-order valence-corrected chi connectivity index (χ0v) is 9.84. The Labute approximate surface area is 92.9 Å². The minimum Gasteiger partial charge on any atom is -0.372 e. The number of rotatable bonds is 3. The summed E-state index contributed by atoms with van der Waals surface area (Å²) in [5.74, 6) is 1.24. The summed E-state index contributed by atoms with van der Waals surface area (Å²) in [5.41, 5.74) is 0. The average molecular weight is 209 g/mol. The molecule has 0 spiro atoms. The van der Waals surface area contributed by atoms with Gasteiger partial charge in [0.2, 0.25) is 0 Å². The van der Waals surface area contributed by atoms with Crippen molar-refractivity contribution in [3.63, 3.8) is 0 Å². The standard InChI is InChI=1S/C12H23N3/c1-11(15-8-3-2-4-9-15)10-14-12-6-5-7-13-12/h11H,2-10H2,1H3,(H,13,14). The summed E-state index contributed by atoms with van der Waals surface area (Å²) in [6.45, 7) is 7.00. The SMILES string of the molecule is CC(CNC1=NCCC1)N1CCCCC1. The molecule has 2 heterocycles. The highest BCUT2D eigenvalue weighted by atomic mass is 15.2. The Morgan fingerprint density at radius 3 is 2.73 bits per heavy atom. The Morgan fingerprint density at radius 2 is 2.07 bits per heavy atom. The van der Waals surface area contributed by atoms with Gasteiger partial charge in [-0.15, -0.1) is 0 Å². The van der Waals surface area contributed by atoms with Crippen LogP contribution in [0.3, 0.4) is 0 Å². The van der Waals surface area contributed by atoms with Crippen LogP contribution in [0.5, 0.6) is 0 Å². The summed E-state index contributed by atoms with van der Waals surface area (Å²) in [4.78, 5) is 7.04. The molecule has 0 aromatic carbocycles. The number of nitrogens with one attached hydrogen (secondary N) is 1. The van der Waals surface area contributed by atoms with E-state index in [0.29, 0.717) is 6.04 Å². The second kappa shape index (κ2) is 5.50. The Bertz CT molecular complexity index is 219. The minimum atomic E-state index is 0.661. The molecule has 3 nitrogen and oxygen atoms in total. The van der Waals surface area contributed by atoms with E-state index in [1.54, 1.807) is 0 Å². The van der Waals surface area contributed by atoms with Crippen LogP contribution in [-0.2, 0) is 0 Å². The first-order chi connectivity index (χ1) is 7.36. The van der Waals surface area contributed by atoms with E-state index in [2.05, 4.69) is 22.1 Å². The zero-order valence-electron chi connectivity index (χ0n) is 9.84. The van der Waals surface area contributed by atoms with Crippen molar-refractivity contribution in [1.29, 1.82) is 0 Å². The van der Waals surface area contributed by atoms with E-state index >= 15 is 0 Å². The van der Waals surface area contributed by atoms with Crippen LogP contribution in [0.1, 0.15) is 39.0 Å². The van der Waals surface area contributed by atoms with Gasteiger partial charge in [-0.05, 0) is 39.3 Å². The molecular formula is C12H23N3. The van der Waals surface area contributed by atoms with Crippen LogP contribution < -0.4 is 5.32 Å². The lowest BCUT2D eigenvalue weighted by Crippen LogP contribution is -2.44. The number of piperidine rings is 1. The lowest BCUT2D eigenvalue weighted by molar-refractivity contribution is 0.174. The maximum atomic E-state index is 4.44. The molecule has 2 rings (SSSR count). The second-order valence-electron chi connectivity index (χ2n) is 4.76. The van der Waals surface area contributed by atoms with Crippen LogP contribution in [0.2, 0.25) is 0 Å². The molecular weight excluding hydrogens is 186 g/mol. The molecule has 1 N–H and O–H groups in total. The highest BCUT2D eigenvalue weighted by Crippen LogP contribution is 2.11. The Hall–Kier alpha value is -0.570. The van der Waals surface area contributed by atoms with E-state index in [9.17, 15) is 0 Å². The summed E-state index contributed by atoms with van der Waals surface area (Å²) in [6.07, 6.45) is 6.58.